The van der Waals surface area contributed by atoms with Crippen LogP contribution in [0.4, 0.5) is 0 Å². The van der Waals surface area contributed by atoms with Crippen molar-refractivity contribution in [2.75, 3.05) is 26.2 Å². The van der Waals surface area contributed by atoms with E-state index in [1.807, 2.05) is 48.5 Å². The van der Waals surface area contributed by atoms with Crippen LogP contribution in [0.3, 0.4) is 0 Å². The number of hydrogen-bond donors (Lipinski definition) is 2. The first-order valence-electron chi connectivity index (χ1n) is 12.3. The van der Waals surface area contributed by atoms with E-state index >= 15 is 0 Å². The van der Waals surface area contributed by atoms with Crippen molar-refractivity contribution in [2.24, 2.45) is 0 Å². The Morgan fingerprint density at radius 2 is 1.76 bits per heavy atom. The van der Waals surface area contributed by atoms with Gasteiger partial charge in [-0.3, -0.25) is 9.59 Å². The molecule has 1 fully saturated rings. The summed E-state index contributed by atoms with van der Waals surface area (Å²) in [5.41, 5.74) is 4.52. The van der Waals surface area contributed by atoms with E-state index in [1.54, 1.807) is 0 Å². The molecule has 1 aliphatic heterocycles. The number of benzene rings is 2. The second-order valence-electron chi connectivity index (χ2n) is 9.03. The largest absolute Gasteiger partial charge is 0.481 e. The second kappa shape index (κ2) is 11.7. The highest BCUT2D eigenvalue weighted by atomic mass is 16.4. The van der Waals surface area contributed by atoms with E-state index < -0.39 is 5.97 Å². The lowest BCUT2D eigenvalue weighted by Gasteiger charge is -2.14. The Hall–Kier alpha value is -3.25. The highest BCUT2D eigenvalue weighted by molar-refractivity contribution is 5.98. The minimum absolute atomic E-state index is 0.0570. The van der Waals surface area contributed by atoms with Crippen LogP contribution in [0.1, 0.15) is 54.4 Å². The maximum absolute atomic E-state index is 12.7. The minimum atomic E-state index is -0.768. The molecule has 4 rings (SSSR count). The van der Waals surface area contributed by atoms with E-state index in [2.05, 4.69) is 16.3 Å². The van der Waals surface area contributed by atoms with Crippen LogP contribution in [0.15, 0.2) is 54.6 Å². The van der Waals surface area contributed by atoms with Gasteiger partial charge in [0.1, 0.15) is 0 Å². The molecule has 2 N–H and O–H groups in total. The van der Waals surface area contributed by atoms with E-state index in [-0.39, 0.29) is 12.3 Å². The summed E-state index contributed by atoms with van der Waals surface area (Å²) in [6, 6.07) is 17.8. The molecule has 1 aromatic heterocycles. The maximum Gasteiger partial charge on any atom is 0.303 e. The Morgan fingerprint density at radius 1 is 0.971 bits per heavy atom. The summed E-state index contributed by atoms with van der Waals surface area (Å²) in [6.45, 7) is 4.06. The Morgan fingerprint density at radius 3 is 2.53 bits per heavy atom. The van der Waals surface area contributed by atoms with E-state index in [1.165, 1.54) is 25.9 Å². The average Bonchev–Trinajstić information content (AvgIpc) is 3.37. The lowest BCUT2D eigenvalue weighted by molar-refractivity contribution is -0.137. The van der Waals surface area contributed by atoms with E-state index in [0.717, 1.165) is 53.5 Å². The van der Waals surface area contributed by atoms with E-state index in [9.17, 15) is 9.59 Å². The maximum atomic E-state index is 12.7. The molecule has 1 aliphatic rings. The molecule has 2 aromatic carbocycles. The number of carboxylic acid groups (broad SMARTS) is 1. The normalized spacial score (nSPS) is 13.9. The summed E-state index contributed by atoms with van der Waals surface area (Å²) in [5, 5.41) is 12.9. The molecule has 6 nitrogen and oxygen atoms in total. The summed E-state index contributed by atoms with van der Waals surface area (Å²) in [7, 11) is 0. The van der Waals surface area contributed by atoms with Crippen LogP contribution in [-0.2, 0) is 11.2 Å². The van der Waals surface area contributed by atoms with E-state index in [4.69, 9.17) is 10.1 Å². The first-order chi connectivity index (χ1) is 16.6. The van der Waals surface area contributed by atoms with Crippen molar-refractivity contribution < 1.29 is 14.7 Å². The smallest absolute Gasteiger partial charge is 0.303 e. The lowest BCUT2D eigenvalue weighted by Crippen LogP contribution is -2.28. The zero-order valence-electron chi connectivity index (χ0n) is 19.6. The molecular formula is C28H33N3O3. The summed E-state index contributed by atoms with van der Waals surface area (Å²) >= 11 is 0. The van der Waals surface area contributed by atoms with Gasteiger partial charge >= 0.3 is 5.97 Å². The molecule has 0 bridgehead atoms. The van der Waals surface area contributed by atoms with Crippen molar-refractivity contribution in [3.8, 4) is 11.3 Å². The topological polar surface area (TPSA) is 82.5 Å². The highest BCUT2D eigenvalue weighted by Gasteiger charge is 2.13. The summed E-state index contributed by atoms with van der Waals surface area (Å²) in [5.74, 6) is -0.825. The van der Waals surface area contributed by atoms with Crippen LogP contribution in [0.25, 0.3) is 22.2 Å². The third-order valence-corrected chi connectivity index (χ3v) is 6.43. The number of likely N-dealkylation sites (tertiary alicyclic amines) is 1. The molecule has 34 heavy (non-hydrogen) atoms. The van der Waals surface area contributed by atoms with Crippen LogP contribution in [0.2, 0.25) is 0 Å². The van der Waals surface area contributed by atoms with Crippen molar-refractivity contribution in [3.05, 3.63) is 65.7 Å². The van der Waals surface area contributed by atoms with Crippen molar-refractivity contribution in [3.63, 3.8) is 0 Å². The molecule has 0 unspecified atom stereocenters. The number of unbranched alkanes of at least 4 members (excludes halogenated alkanes) is 1. The SMILES string of the molecule is O=C(O)CCCCc1cc2cc(C(=O)NCCCN3CCCC3)ccc2nc1-c1ccccc1. The van der Waals surface area contributed by atoms with Gasteiger partial charge in [0, 0.05) is 29.5 Å². The van der Waals surface area contributed by atoms with Gasteiger partial charge in [-0.2, -0.15) is 0 Å². The summed E-state index contributed by atoms with van der Waals surface area (Å²) < 4.78 is 0. The molecule has 0 atom stereocenters. The number of aryl methyl sites for hydroxylation is 1. The van der Waals surface area contributed by atoms with Crippen molar-refractivity contribution in [2.45, 2.75) is 44.9 Å². The number of carboxylic acids is 1. The fourth-order valence-corrected chi connectivity index (χ4v) is 4.60. The van der Waals surface area contributed by atoms with Gasteiger partial charge in [0.25, 0.3) is 5.91 Å². The molecule has 0 saturated carbocycles. The number of aliphatic carboxylic acids is 1. The van der Waals surface area contributed by atoms with Crippen molar-refractivity contribution >= 4 is 22.8 Å². The number of nitrogens with one attached hydrogen (secondary N) is 1. The van der Waals surface area contributed by atoms with Gasteiger partial charge in [-0.1, -0.05) is 30.3 Å². The van der Waals surface area contributed by atoms with Gasteiger partial charge in [-0.25, -0.2) is 4.98 Å². The molecular weight excluding hydrogens is 426 g/mol. The molecule has 6 heteroatoms. The number of carbonyl (C=O) groups excluding carboxylic acids is 1. The molecule has 1 saturated heterocycles. The summed E-state index contributed by atoms with van der Waals surface area (Å²) in [4.78, 5) is 31.0. The molecule has 0 aliphatic carbocycles. The number of amides is 1. The molecule has 0 spiro atoms. The minimum Gasteiger partial charge on any atom is -0.481 e. The van der Waals surface area contributed by atoms with Crippen LogP contribution in [-0.4, -0.2) is 53.0 Å². The van der Waals surface area contributed by atoms with E-state index in [0.29, 0.717) is 18.5 Å². The van der Waals surface area contributed by atoms with Crippen LogP contribution >= 0.6 is 0 Å². The number of hydrogen-bond acceptors (Lipinski definition) is 4. The van der Waals surface area contributed by atoms with Gasteiger partial charge in [-0.15, -0.1) is 0 Å². The quantitative estimate of drug-likeness (QED) is 0.398. The van der Waals surface area contributed by atoms with Gasteiger partial charge in [0.2, 0.25) is 0 Å². The van der Waals surface area contributed by atoms with Crippen LogP contribution in [0, 0.1) is 0 Å². The third-order valence-electron chi connectivity index (χ3n) is 6.43. The fourth-order valence-electron chi connectivity index (χ4n) is 4.60. The Kier molecular flexibility index (Phi) is 8.26. The summed E-state index contributed by atoms with van der Waals surface area (Å²) in [6.07, 6.45) is 5.84. The van der Waals surface area contributed by atoms with Crippen LogP contribution in [0.5, 0.6) is 0 Å². The number of fused-ring (bicyclic) bond motifs is 1. The predicted octanol–water partition coefficient (Wildman–Crippen LogP) is 4.91. The lowest BCUT2D eigenvalue weighted by atomic mass is 9.98. The molecule has 178 valence electrons. The highest BCUT2D eigenvalue weighted by Crippen LogP contribution is 2.27. The standard InChI is InChI=1S/C28H33N3O3/c32-26(33)12-5-4-11-22-19-24-20-23(28(34)29-15-8-18-31-16-6-7-17-31)13-14-25(24)30-27(22)21-9-2-1-3-10-21/h1-3,9-10,13-14,19-20H,4-8,11-12,15-18H2,(H,29,34)(H,32,33). The van der Waals surface area contributed by atoms with Gasteiger partial charge < -0.3 is 15.3 Å². The first-order valence-corrected chi connectivity index (χ1v) is 12.3. The Balaban J connectivity index is 1.49. The number of nitrogens with zero attached hydrogens (tertiary/aromatic N) is 2. The second-order valence-corrected chi connectivity index (χ2v) is 9.03. The van der Waals surface area contributed by atoms with Crippen LogP contribution < -0.4 is 5.32 Å². The average molecular weight is 460 g/mol. The van der Waals surface area contributed by atoms with Gasteiger partial charge in [0.05, 0.1) is 11.2 Å². The van der Waals surface area contributed by atoms with Crippen molar-refractivity contribution in [1.82, 2.24) is 15.2 Å². The zero-order chi connectivity index (χ0) is 23.8. The number of carbonyl (C=O) groups is 2. The molecule has 1 amide bonds. The predicted molar refractivity (Wildman–Crippen MR) is 135 cm³/mol. The van der Waals surface area contributed by atoms with Gasteiger partial charge in [0.15, 0.2) is 0 Å². The first kappa shape index (κ1) is 23.9. The Bertz CT molecular complexity index is 1120. The molecule has 0 radical (unpaired) electrons. The molecule has 3 aromatic rings. The fraction of sp³-hybridized carbons (Fsp3) is 0.393. The third kappa shape index (κ3) is 6.41. The van der Waals surface area contributed by atoms with Crippen molar-refractivity contribution in [1.29, 1.82) is 0 Å². The number of aromatic nitrogens is 1. The monoisotopic (exact) mass is 459 g/mol. The van der Waals surface area contributed by atoms with Gasteiger partial charge in [-0.05, 0) is 88.0 Å². The Labute approximate surface area is 201 Å². The molecule has 2 heterocycles. The number of rotatable bonds is 11. The zero-order valence-corrected chi connectivity index (χ0v) is 19.6. The number of pyridine rings is 1.